The molecule has 0 aliphatic carbocycles. The molecule has 1 N–H and O–H groups in total. The quantitative estimate of drug-likeness (QED) is 0.665. The first-order valence-corrected chi connectivity index (χ1v) is 9.08. The maximum atomic E-state index is 12.6. The third-order valence-electron chi connectivity index (χ3n) is 4.78. The number of H-pyrrole nitrogens is 1. The first-order valence-electron chi connectivity index (χ1n) is 9.08. The number of imide groups is 1. The third-order valence-corrected chi connectivity index (χ3v) is 4.78. The van der Waals surface area contributed by atoms with Crippen LogP contribution in [-0.4, -0.2) is 44.4 Å². The average Bonchev–Trinajstić information content (AvgIpc) is 3.29. The fourth-order valence-corrected chi connectivity index (χ4v) is 3.29. The van der Waals surface area contributed by atoms with E-state index in [1.54, 1.807) is 30.3 Å². The van der Waals surface area contributed by atoms with Crippen LogP contribution in [-0.2, 0) is 14.4 Å². The van der Waals surface area contributed by atoms with E-state index in [1.807, 2.05) is 6.07 Å². The average molecular weight is 403 g/mol. The molecular formula is C20H13N5O5. The maximum absolute atomic E-state index is 12.6. The molecule has 0 bridgehead atoms. The van der Waals surface area contributed by atoms with Crippen LogP contribution in [0, 0.1) is 0 Å². The number of anilines is 1. The van der Waals surface area contributed by atoms with Gasteiger partial charge in [0.25, 0.3) is 11.8 Å². The Morgan fingerprint density at radius 3 is 2.30 bits per heavy atom. The molecule has 1 aromatic heterocycles. The molecule has 0 radical (unpaired) electrons. The standard InChI is InChI=1S/C20H13N5O5/c26-16-10-9-15(23-24(16)20-21-13-7-3-4-8-14(13)22-20)19(29)30-25-17(27)11-5-1-2-6-12(11)18(25)28/h1-8H,9-10H2,(H,21,22). The summed E-state index contributed by atoms with van der Waals surface area (Å²) in [4.78, 5) is 62.0. The first kappa shape index (κ1) is 17.7. The van der Waals surface area contributed by atoms with E-state index in [0.29, 0.717) is 16.1 Å². The van der Waals surface area contributed by atoms with E-state index >= 15 is 0 Å². The van der Waals surface area contributed by atoms with E-state index in [4.69, 9.17) is 4.84 Å². The van der Waals surface area contributed by atoms with Crippen LogP contribution in [0.1, 0.15) is 33.6 Å². The molecule has 0 fully saturated rings. The molecule has 3 amide bonds. The second-order valence-corrected chi connectivity index (χ2v) is 6.66. The third kappa shape index (κ3) is 2.73. The summed E-state index contributed by atoms with van der Waals surface area (Å²) in [6.45, 7) is 0. The molecule has 5 rings (SSSR count). The van der Waals surface area contributed by atoms with Crippen LogP contribution in [0.5, 0.6) is 0 Å². The van der Waals surface area contributed by atoms with E-state index in [9.17, 15) is 19.2 Å². The van der Waals surface area contributed by atoms with Crippen molar-refractivity contribution < 1.29 is 24.0 Å². The topological polar surface area (TPSA) is 125 Å². The highest BCUT2D eigenvalue weighted by atomic mass is 16.7. The summed E-state index contributed by atoms with van der Waals surface area (Å²) in [5, 5.41) is 5.46. The van der Waals surface area contributed by atoms with Gasteiger partial charge in [-0.3, -0.25) is 14.4 Å². The number of hydroxylamine groups is 2. The number of nitrogens with one attached hydrogen (secondary N) is 1. The van der Waals surface area contributed by atoms with Crippen molar-refractivity contribution in [1.29, 1.82) is 0 Å². The van der Waals surface area contributed by atoms with E-state index in [0.717, 1.165) is 5.01 Å². The van der Waals surface area contributed by atoms with Gasteiger partial charge < -0.3 is 9.82 Å². The van der Waals surface area contributed by atoms with Gasteiger partial charge in [0.2, 0.25) is 11.9 Å². The number of carbonyl (C=O) groups is 4. The second kappa shape index (κ2) is 6.62. The van der Waals surface area contributed by atoms with Crippen molar-refractivity contribution in [2.75, 3.05) is 5.01 Å². The second-order valence-electron chi connectivity index (χ2n) is 6.66. The van der Waals surface area contributed by atoms with E-state index in [1.165, 1.54) is 12.1 Å². The molecule has 0 saturated carbocycles. The van der Waals surface area contributed by atoms with Crippen LogP contribution >= 0.6 is 0 Å². The highest BCUT2D eigenvalue weighted by molar-refractivity contribution is 6.38. The summed E-state index contributed by atoms with van der Waals surface area (Å²) >= 11 is 0. The number of hydrogen-bond acceptors (Lipinski definition) is 7. The number of hydrazone groups is 1. The summed E-state index contributed by atoms with van der Waals surface area (Å²) in [7, 11) is 0. The zero-order chi connectivity index (χ0) is 20.8. The smallest absolute Gasteiger partial charge is 0.323 e. The molecule has 3 aromatic rings. The van der Waals surface area contributed by atoms with Gasteiger partial charge in [0.05, 0.1) is 22.2 Å². The fraction of sp³-hybridized carbons (Fsp3) is 0.100. The van der Waals surface area contributed by atoms with Crippen molar-refractivity contribution >= 4 is 46.4 Å². The van der Waals surface area contributed by atoms with Crippen LogP contribution in [0.25, 0.3) is 11.0 Å². The molecule has 2 aliphatic rings. The fourth-order valence-electron chi connectivity index (χ4n) is 3.29. The van der Waals surface area contributed by atoms with Crippen molar-refractivity contribution in [2.45, 2.75) is 12.8 Å². The number of para-hydroxylation sites is 2. The highest BCUT2D eigenvalue weighted by Crippen LogP contribution is 2.24. The monoisotopic (exact) mass is 403 g/mol. The molecule has 148 valence electrons. The Morgan fingerprint density at radius 1 is 0.933 bits per heavy atom. The van der Waals surface area contributed by atoms with Gasteiger partial charge in [-0.2, -0.15) is 10.1 Å². The number of carbonyl (C=O) groups excluding carboxylic acids is 4. The number of amides is 3. The normalized spacial score (nSPS) is 16.1. The van der Waals surface area contributed by atoms with Crippen LogP contribution < -0.4 is 5.01 Å². The molecule has 0 atom stereocenters. The maximum Gasteiger partial charge on any atom is 0.379 e. The van der Waals surface area contributed by atoms with Crippen LogP contribution in [0.4, 0.5) is 5.95 Å². The Hall–Kier alpha value is -4.34. The van der Waals surface area contributed by atoms with Crippen LogP contribution in [0.2, 0.25) is 0 Å². The van der Waals surface area contributed by atoms with Gasteiger partial charge in [0.15, 0.2) is 0 Å². The lowest BCUT2D eigenvalue weighted by Gasteiger charge is -2.21. The molecule has 10 nitrogen and oxygen atoms in total. The Bertz CT molecular complexity index is 1210. The SMILES string of the molecule is O=C(ON1C(=O)c2ccccc2C1=O)C1=NN(c2nc3ccccc3[nH]2)C(=O)CC1. The minimum absolute atomic E-state index is 0.00685. The molecule has 30 heavy (non-hydrogen) atoms. The molecule has 2 aliphatic heterocycles. The number of fused-ring (bicyclic) bond motifs is 2. The minimum atomic E-state index is -0.988. The van der Waals surface area contributed by atoms with Gasteiger partial charge >= 0.3 is 5.97 Å². The molecular weight excluding hydrogens is 390 g/mol. The number of imidazole rings is 1. The van der Waals surface area contributed by atoms with E-state index < -0.39 is 17.8 Å². The number of hydrogen-bond donors (Lipinski definition) is 1. The summed E-state index contributed by atoms with van der Waals surface area (Å²) < 4.78 is 0. The minimum Gasteiger partial charge on any atom is -0.323 e. The number of rotatable bonds is 3. The Kier molecular flexibility index (Phi) is 3.91. The van der Waals surface area contributed by atoms with Crippen LogP contribution in [0.15, 0.2) is 53.6 Å². The molecule has 0 saturated heterocycles. The van der Waals surface area contributed by atoms with E-state index in [-0.39, 0.29) is 41.5 Å². The largest absolute Gasteiger partial charge is 0.379 e. The van der Waals surface area contributed by atoms with Gasteiger partial charge in [0.1, 0.15) is 5.71 Å². The van der Waals surface area contributed by atoms with Crippen molar-refractivity contribution in [2.24, 2.45) is 5.10 Å². The van der Waals surface area contributed by atoms with E-state index in [2.05, 4.69) is 15.1 Å². The zero-order valence-corrected chi connectivity index (χ0v) is 15.4. The summed E-state index contributed by atoms with van der Waals surface area (Å²) in [5.41, 5.74) is 1.54. The first-order chi connectivity index (χ1) is 14.5. The summed E-state index contributed by atoms with van der Waals surface area (Å²) in [5.74, 6) is -2.65. The zero-order valence-electron chi connectivity index (χ0n) is 15.4. The van der Waals surface area contributed by atoms with Gasteiger partial charge in [-0.05, 0) is 24.3 Å². The van der Waals surface area contributed by atoms with Crippen molar-refractivity contribution in [3.8, 4) is 0 Å². The Morgan fingerprint density at radius 2 is 1.60 bits per heavy atom. The van der Waals surface area contributed by atoms with Gasteiger partial charge in [0, 0.05) is 12.8 Å². The van der Waals surface area contributed by atoms with Gasteiger partial charge in [-0.15, -0.1) is 0 Å². The molecule has 2 aromatic carbocycles. The molecule has 0 unspecified atom stereocenters. The predicted octanol–water partition coefficient (Wildman–Crippen LogP) is 1.80. The van der Waals surface area contributed by atoms with Crippen molar-refractivity contribution in [1.82, 2.24) is 15.0 Å². The molecule has 0 spiro atoms. The van der Waals surface area contributed by atoms with Gasteiger partial charge in [-0.1, -0.05) is 29.3 Å². The number of aromatic amines is 1. The number of benzene rings is 2. The lowest BCUT2D eigenvalue weighted by Crippen LogP contribution is -2.39. The number of aromatic nitrogens is 2. The molecule has 10 heteroatoms. The number of nitrogens with zero attached hydrogens (tertiary/aromatic N) is 4. The lowest BCUT2D eigenvalue weighted by molar-refractivity contribution is -0.159. The highest BCUT2D eigenvalue weighted by Gasteiger charge is 2.40. The van der Waals surface area contributed by atoms with Crippen molar-refractivity contribution in [3.05, 3.63) is 59.7 Å². The Labute approximate surface area is 168 Å². The van der Waals surface area contributed by atoms with Gasteiger partial charge in [-0.25, -0.2) is 9.78 Å². The Balaban J connectivity index is 1.40. The molecule has 3 heterocycles. The predicted molar refractivity (Wildman–Crippen MR) is 103 cm³/mol. The summed E-state index contributed by atoms with van der Waals surface area (Å²) in [6, 6.07) is 13.4. The lowest BCUT2D eigenvalue weighted by atomic mass is 10.1. The summed E-state index contributed by atoms with van der Waals surface area (Å²) in [6.07, 6.45) is 0.00462. The van der Waals surface area contributed by atoms with Crippen LogP contribution in [0.3, 0.4) is 0 Å². The van der Waals surface area contributed by atoms with Crippen molar-refractivity contribution in [3.63, 3.8) is 0 Å².